The Hall–Kier alpha value is -1.50. The van der Waals surface area contributed by atoms with Gasteiger partial charge in [-0.3, -0.25) is 0 Å². The summed E-state index contributed by atoms with van der Waals surface area (Å²) in [5, 5.41) is 0.426. The van der Waals surface area contributed by atoms with Crippen LogP contribution in [0.2, 0.25) is 5.02 Å². The quantitative estimate of drug-likeness (QED) is 0.850. The minimum absolute atomic E-state index is 0.269. The van der Waals surface area contributed by atoms with E-state index in [-0.39, 0.29) is 4.90 Å². The van der Waals surface area contributed by atoms with Gasteiger partial charge in [0.05, 0.1) is 9.92 Å². The number of nitrogens with zero attached hydrogens (tertiary/aromatic N) is 3. The summed E-state index contributed by atoms with van der Waals surface area (Å²) >= 11 is 6.11. The summed E-state index contributed by atoms with van der Waals surface area (Å²) in [4.78, 5) is 4.56. The van der Waals surface area contributed by atoms with Crippen molar-refractivity contribution in [1.29, 1.82) is 0 Å². The van der Waals surface area contributed by atoms with Gasteiger partial charge in [-0.1, -0.05) is 29.3 Å². The fourth-order valence-electron chi connectivity index (χ4n) is 2.68. The van der Waals surface area contributed by atoms with Gasteiger partial charge >= 0.3 is 0 Å². The predicted molar refractivity (Wildman–Crippen MR) is 92.9 cm³/mol. The summed E-state index contributed by atoms with van der Waals surface area (Å²) < 4.78 is 27.2. The lowest BCUT2D eigenvalue weighted by Gasteiger charge is -2.34. The Morgan fingerprint density at radius 2 is 1.65 bits per heavy atom. The van der Waals surface area contributed by atoms with Crippen molar-refractivity contribution < 1.29 is 8.42 Å². The maximum Gasteiger partial charge on any atom is 0.269 e. The highest BCUT2D eigenvalue weighted by Crippen LogP contribution is 2.28. The predicted octanol–water partition coefficient (Wildman–Crippen LogP) is 2.44. The molecule has 2 heterocycles. The lowest BCUT2D eigenvalue weighted by atomic mass is 10.2. The minimum atomic E-state index is -3.65. The van der Waals surface area contributed by atoms with Gasteiger partial charge in [0.15, 0.2) is 0 Å². The summed E-state index contributed by atoms with van der Waals surface area (Å²) in [5.41, 5.74) is 1.02. The number of hydrogen-bond donors (Lipinski definition) is 0. The molecule has 0 radical (unpaired) electrons. The summed E-state index contributed by atoms with van der Waals surface area (Å²) in [6.07, 6.45) is 1.48. The van der Waals surface area contributed by atoms with E-state index in [0.29, 0.717) is 10.8 Å². The molecule has 3 rings (SSSR count). The van der Waals surface area contributed by atoms with Crippen molar-refractivity contribution in [2.45, 2.75) is 11.8 Å². The molecule has 0 N–H and O–H groups in total. The van der Waals surface area contributed by atoms with E-state index in [1.807, 2.05) is 6.92 Å². The molecular formula is C16H20ClN3O2S. The zero-order valence-electron chi connectivity index (χ0n) is 13.2. The molecule has 0 unspecified atom stereocenters. The van der Waals surface area contributed by atoms with E-state index in [9.17, 15) is 8.42 Å². The maximum atomic E-state index is 13.0. The average Bonchev–Trinajstić information content (AvgIpc) is 2.91. The van der Waals surface area contributed by atoms with Crippen LogP contribution in [-0.2, 0) is 10.0 Å². The summed E-state index contributed by atoms with van der Waals surface area (Å²) in [7, 11) is -1.59. The first-order valence-electron chi connectivity index (χ1n) is 7.51. The van der Waals surface area contributed by atoms with Crippen molar-refractivity contribution in [3.8, 4) is 0 Å². The number of benzene rings is 1. The third-order valence-electron chi connectivity index (χ3n) is 4.14. The molecule has 7 heteroatoms. The van der Waals surface area contributed by atoms with Crippen LogP contribution in [0.25, 0.3) is 0 Å². The Bertz CT molecular complexity index is 791. The third-order valence-corrected chi connectivity index (χ3v) is 6.02. The van der Waals surface area contributed by atoms with E-state index in [4.69, 9.17) is 11.6 Å². The van der Waals surface area contributed by atoms with Crippen LogP contribution in [0.1, 0.15) is 5.56 Å². The number of hydrogen-bond acceptors (Lipinski definition) is 4. The second-order valence-corrected chi connectivity index (χ2v) is 8.17. The second kappa shape index (κ2) is 6.19. The molecule has 1 aliphatic rings. The van der Waals surface area contributed by atoms with E-state index in [2.05, 4.69) is 16.8 Å². The standard InChI is InChI=1S/C16H20ClN3O2S/c1-13-3-5-15(6-4-13)23(21,22)20-12-14(17)11-16(20)19-9-7-18(2)8-10-19/h3-6,11-12H,7-10H2,1-2H3. The fraction of sp³-hybridized carbons (Fsp3) is 0.375. The van der Waals surface area contributed by atoms with Gasteiger partial charge in [0.1, 0.15) is 5.82 Å². The van der Waals surface area contributed by atoms with Gasteiger partial charge in [0.2, 0.25) is 0 Å². The Morgan fingerprint density at radius 3 is 2.26 bits per heavy atom. The van der Waals surface area contributed by atoms with Crippen LogP contribution in [-0.4, -0.2) is 50.5 Å². The molecule has 0 atom stereocenters. The molecule has 124 valence electrons. The second-order valence-electron chi connectivity index (χ2n) is 5.92. The number of likely N-dealkylation sites (N-methyl/N-ethyl adjacent to an activating group) is 1. The highest BCUT2D eigenvalue weighted by Gasteiger charge is 2.25. The van der Waals surface area contributed by atoms with Crippen LogP contribution in [0.4, 0.5) is 5.82 Å². The van der Waals surface area contributed by atoms with Crippen LogP contribution in [0.5, 0.6) is 0 Å². The van der Waals surface area contributed by atoms with Gasteiger partial charge in [-0.25, -0.2) is 12.4 Å². The van der Waals surface area contributed by atoms with Gasteiger partial charge in [0, 0.05) is 38.4 Å². The smallest absolute Gasteiger partial charge is 0.269 e. The first-order valence-corrected chi connectivity index (χ1v) is 9.33. The molecule has 0 bridgehead atoms. The Labute approximate surface area is 142 Å². The zero-order chi connectivity index (χ0) is 16.6. The topological polar surface area (TPSA) is 45.6 Å². The van der Waals surface area contributed by atoms with Gasteiger partial charge in [-0.2, -0.15) is 0 Å². The van der Waals surface area contributed by atoms with Gasteiger partial charge < -0.3 is 9.80 Å². The van der Waals surface area contributed by atoms with E-state index in [1.165, 1.54) is 10.2 Å². The number of aromatic nitrogens is 1. The number of halogens is 1. The average molecular weight is 354 g/mol. The normalized spacial score (nSPS) is 16.7. The first kappa shape index (κ1) is 16.4. The monoisotopic (exact) mass is 353 g/mol. The van der Waals surface area contributed by atoms with Gasteiger partial charge in [0.25, 0.3) is 10.0 Å². The molecule has 1 aromatic heterocycles. The molecule has 2 aromatic rings. The number of aryl methyl sites for hydroxylation is 1. The third kappa shape index (κ3) is 3.24. The fourth-order valence-corrected chi connectivity index (χ4v) is 4.31. The van der Waals surface area contributed by atoms with Crippen molar-refractivity contribution in [2.75, 3.05) is 38.1 Å². The molecule has 1 aromatic carbocycles. The van der Waals surface area contributed by atoms with Crippen molar-refractivity contribution in [3.05, 3.63) is 47.1 Å². The Kier molecular flexibility index (Phi) is 4.40. The lowest BCUT2D eigenvalue weighted by Crippen LogP contribution is -2.45. The van der Waals surface area contributed by atoms with E-state index < -0.39 is 10.0 Å². The van der Waals surface area contributed by atoms with Crippen LogP contribution in [0, 0.1) is 6.92 Å². The van der Waals surface area contributed by atoms with Crippen molar-refractivity contribution in [1.82, 2.24) is 8.87 Å². The molecule has 5 nitrogen and oxygen atoms in total. The summed E-state index contributed by atoms with van der Waals surface area (Å²) in [6.45, 7) is 5.28. The largest absolute Gasteiger partial charge is 0.355 e. The van der Waals surface area contributed by atoms with Gasteiger partial charge in [-0.05, 0) is 26.1 Å². The van der Waals surface area contributed by atoms with Crippen molar-refractivity contribution >= 4 is 27.4 Å². The molecule has 0 aliphatic carbocycles. The lowest BCUT2D eigenvalue weighted by molar-refractivity contribution is 0.312. The van der Waals surface area contributed by atoms with Crippen molar-refractivity contribution in [2.24, 2.45) is 0 Å². The highest BCUT2D eigenvalue weighted by atomic mass is 35.5. The number of rotatable bonds is 3. The molecule has 1 aliphatic heterocycles. The molecule has 0 amide bonds. The summed E-state index contributed by atoms with van der Waals surface area (Å²) in [5.74, 6) is 0.628. The molecule has 1 fully saturated rings. The van der Waals surface area contributed by atoms with Crippen LogP contribution >= 0.6 is 11.6 Å². The summed E-state index contributed by atoms with van der Waals surface area (Å²) in [6, 6.07) is 8.58. The molecule has 23 heavy (non-hydrogen) atoms. The van der Waals surface area contributed by atoms with Crippen molar-refractivity contribution in [3.63, 3.8) is 0 Å². The van der Waals surface area contributed by atoms with E-state index in [1.54, 1.807) is 30.3 Å². The maximum absolute atomic E-state index is 13.0. The Balaban J connectivity index is 2.01. The number of anilines is 1. The van der Waals surface area contributed by atoms with Gasteiger partial charge in [-0.15, -0.1) is 0 Å². The molecule has 0 spiro atoms. The van der Waals surface area contributed by atoms with E-state index >= 15 is 0 Å². The van der Waals surface area contributed by atoms with Crippen LogP contribution in [0.3, 0.4) is 0 Å². The first-order chi connectivity index (χ1) is 10.9. The molecule has 1 saturated heterocycles. The van der Waals surface area contributed by atoms with Crippen LogP contribution in [0.15, 0.2) is 41.4 Å². The number of piperazine rings is 1. The SMILES string of the molecule is Cc1ccc(S(=O)(=O)n2cc(Cl)cc2N2CCN(C)CC2)cc1. The van der Waals surface area contributed by atoms with E-state index in [0.717, 1.165) is 31.7 Å². The van der Waals surface area contributed by atoms with Crippen LogP contribution < -0.4 is 4.90 Å². The zero-order valence-corrected chi connectivity index (χ0v) is 14.8. The Morgan fingerprint density at radius 1 is 1.04 bits per heavy atom. The minimum Gasteiger partial charge on any atom is -0.355 e. The highest BCUT2D eigenvalue weighted by molar-refractivity contribution is 7.90. The molecular weight excluding hydrogens is 334 g/mol. The molecule has 0 saturated carbocycles.